The molecular weight excluding hydrogens is 234 g/mol. The average molecular weight is 267 g/mol. The normalized spacial score (nSPS) is 34.1. The highest BCUT2D eigenvalue weighted by atomic mass is 15.2. The molecule has 0 aromatic rings. The molecule has 0 heterocycles. The molecule has 19 heavy (non-hydrogen) atoms. The van der Waals surface area contributed by atoms with Gasteiger partial charge in [-0.25, -0.2) is 0 Å². The summed E-state index contributed by atoms with van der Waals surface area (Å²) in [6.45, 7) is 9.04. The zero-order valence-electron chi connectivity index (χ0n) is 13.4. The van der Waals surface area contributed by atoms with Crippen LogP contribution in [0.5, 0.6) is 0 Å². The van der Waals surface area contributed by atoms with E-state index in [9.17, 15) is 0 Å². The van der Waals surface area contributed by atoms with E-state index in [0.29, 0.717) is 5.54 Å². The molecule has 0 radical (unpaired) electrons. The van der Waals surface area contributed by atoms with Gasteiger partial charge in [-0.15, -0.1) is 0 Å². The van der Waals surface area contributed by atoms with Crippen LogP contribution in [-0.2, 0) is 0 Å². The molecule has 2 fully saturated rings. The van der Waals surface area contributed by atoms with Gasteiger partial charge in [-0.3, -0.25) is 4.90 Å². The predicted octanol–water partition coefficient (Wildman–Crippen LogP) is 2.02. The van der Waals surface area contributed by atoms with Crippen molar-refractivity contribution < 1.29 is 0 Å². The highest BCUT2D eigenvalue weighted by molar-refractivity contribution is 5.08. The Morgan fingerprint density at radius 2 is 1.95 bits per heavy atom. The summed E-state index contributed by atoms with van der Waals surface area (Å²) in [7, 11) is 4.34. The Balaban J connectivity index is 2.10. The molecule has 0 aromatic heterocycles. The molecule has 0 spiro atoms. The molecule has 112 valence electrons. The maximum absolute atomic E-state index is 6.28. The summed E-state index contributed by atoms with van der Waals surface area (Å²) >= 11 is 0. The van der Waals surface area contributed by atoms with Crippen LogP contribution in [0.2, 0.25) is 0 Å². The van der Waals surface area contributed by atoms with Gasteiger partial charge >= 0.3 is 0 Å². The zero-order chi connectivity index (χ0) is 14.0. The predicted molar refractivity (Wildman–Crippen MR) is 82.2 cm³/mol. The third-order valence-corrected chi connectivity index (χ3v) is 5.33. The Hall–Kier alpha value is -0.120. The van der Waals surface area contributed by atoms with Crippen molar-refractivity contribution in [2.45, 2.75) is 45.1 Å². The Morgan fingerprint density at radius 3 is 2.37 bits per heavy atom. The molecule has 2 rings (SSSR count). The van der Waals surface area contributed by atoms with Crippen LogP contribution in [0.25, 0.3) is 0 Å². The summed E-state index contributed by atoms with van der Waals surface area (Å²) in [5, 5.41) is 0. The van der Waals surface area contributed by atoms with Crippen LogP contribution in [0.3, 0.4) is 0 Å². The Morgan fingerprint density at radius 1 is 1.21 bits per heavy atom. The van der Waals surface area contributed by atoms with E-state index in [1.807, 2.05) is 0 Å². The molecule has 3 atom stereocenters. The van der Waals surface area contributed by atoms with Gasteiger partial charge in [-0.2, -0.15) is 0 Å². The molecule has 3 unspecified atom stereocenters. The average Bonchev–Trinajstić information content (AvgIpc) is 2.94. The molecule has 2 aliphatic carbocycles. The Kier molecular flexibility index (Phi) is 4.91. The maximum Gasteiger partial charge on any atom is 0.0363 e. The van der Waals surface area contributed by atoms with Gasteiger partial charge < -0.3 is 10.6 Å². The van der Waals surface area contributed by atoms with Gasteiger partial charge in [0.15, 0.2) is 0 Å². The van der Waals surface area contributed by atoms with Crippen LogP contribution in [0, 0.1) is 17.8 Å². The largest absolute Gasteiger partial charge is 0.329 e. The van der Waals surface area contributed by atoms with E-state index in [-0.39, 0.29) is 0 Å². The molecule has 2 bridgehead atoms. The lowest BCUT2D eigenvalue weighted by molar-refractivity contribution is 0.0272. The molecular formula is C16H33N3. The summed E-state index contributed by atoms with van der Waals surface area (Å²) in [5.41, 5.74) is 6.61. The number of nitrogens with two attached hydrogens (primary N) is 1. The number of likely N-dealkylation sites (N-methyl/N-ethyl adjacent to an activating group) is 1. The van der Waals surface area contributed by atoms with Crippen molar-refractivity contribution in [3.63, 3.8) is 0 Å². The SMILES string of the molecule is CC(C)CN(CCN(C)C)C1(CN)CC2CCC1C2. The van der Waals surface area contributed by atoms with E-state index in [1.54, 1.807) is 0 Å². The van der Waals surface area contributed by atoms with Crippen molar-refractivity contribution in [2.75, 3.05) is 40.3 Å². The second-order valence-electron chi connectivity index (χ2n) is 7.53. The quantitative estimate of drug-likeness (QED) is 0.766. The fourth-order valence-corrected chi connectivity index (χ4v) is 4.44. The van der Waals surface area contributed by atoms with Gasteiger partial charge in [0, 0.05) is 31.7 Å². The monoisotopic (exact) mass is 267 g/mol. The first-order valence-electron chi connectivity index (χ1n) is 8.07. The molecule has 2 N–H and O–H groups in total. The summed E-state index contributed by atoms with van der Waals surface area (Å²) in [4.78, 5) is 5.05. The minimum atomic E-state index is 0.323. The molecule has 2 aliphatic rings. The minimum absolute atomic E-state index is 0.323. The third kappa shape index (κ3) is 3.14. The second kappa shape index (κ2) is 6.11. The first-order valence-corrected chi connectivity index (χ1v) is 8.07. The summed E-state index contributed by atoms with van der Waals surface area (Å²) in [5.74, 6) is 2.55. The Bertz CT molecular complexity index is 290. The van der Waals surface area contributed by atoms with Crippen LogP contribution in [0.1, 0.15) is 39.5 Å². The first-order chi connectivity index (χ1) is 8.98. The van der Waals surface area contributed by atoms with Crippen molar-refractivity contribution in [1.29, 1.82) is 0 Å². The van der Waals surface area contributed by atoms with E-state index in [4.69, 9.17) is 5.73 Å². The lowest BCUT2D eigenvalue weighted by Gasteiger charge is -2.47. The zero-order valence-corrected chi connectivity index (χ0v) is 13.4. The van der Waals surface area contributed by atoms with Crippen molar-refractivity contribution >= 4 is 0 Å². The molecule has 0 aliphatic heterocycles. The van der Waals surface area contributed by atoms with Gasteiger partial charge in [0.2, 0.25) is 0 Å². The lowest BCUT2D eigenvalue weighted by atomic mass is 9.79. The van der Waals surface area contributed by atoms with Crippen LogP contribution < -0.4 is 5.73 Å². The molecule has 0 aromatic carbocycles. The lowest BCUT2D eigenvalue weighted by Crippen LogP contribution is -2.59. The van der Waals surface area contributed by atoms with Crippen molar-refractivity contribution in [1.82, 2.24) is 9.80 Å². The first kappa shape index (κ1) is 15.3. The van der Waals surface area contributed by atoms with Gasteiger partial charge in [-0.1, -0.05) is 20.3 Å². The molecule has 3 nitrogen and oxygen atoms in total. The van der Waals surface area contributed by atoms with E-state index in [0.717, 1.165) is 30.8 Å². The number of hydrogen-bond donors (Lipinski definition) is 1. The highest BCUT2D eigenvalue weighted by Gasteiger charge is 2.52. The van der Waals surface area contributed by atoms with Crippen LogP contribution in [-0.4, -0.2) is 55.6 Å². The molecule has 0 amide bonds. The number of hydrogen-bond acceptors (Lipinski definition) is 3. The van der Waals surface area contributed by atoms with E-state index >= 15 is 0 Å². The van der Waals surface area contributed by atoms with Crippen LogP contribution in [0.4, 0.5) is 0 Å². The number of fused-ring (bicyclic) bond motifs is 2. The summed E-state index contributed by atoms with van der Waals surface area (Å²) < 4.78 is 0. The number of nitrogens with zero attached hydrogens (tertiary/aromatic N) is 2. The second-order valence-corrected chi connectivity index (χ2v) is 7.53. The van der Waals surface area contributed by atoms with Gasteiger partial charge in [0.1, 0.15) is 0 Å². The van der Waals surface area contributed by atoms with Crippen LogP contribution in [0.15, 0.2) is 0 Å². The van der Waals surface area contributed by atoms with Gasteiger partial charge in [0.05, 0.1) is 0 Å². The molecule has 0 saturated heterocycles. The highest BCUT2D eigenvalue weighted by Crippen LogP contribution is 2.53. The van der Waals surface area contributed by atoms with E-state index in [2.05, 4.69) is 37.7 Å². The van der Waals surface area contributed by atoms with Gasteiger partial charge in [0.25, 0.3) is 0 Å². The number of rotatable bonds is 7. The standard InChI is InChI=1S/C16H33N3/c1-13(2)11-19(8-7-18(3)4)16(12-17)10-14-5-6-15(16)9-14/h13-15H,5-12,17H2,1-4H3. The molecule has 2 saturated carbocycles. The smallest absolute Gasteiger partial charge is 0.0363 e. The van der Waals surface area contributed by atoms with Crippen molar-refractivity contribution in [3.05, 3.63) is 0 Å². The fraction of sp³-hybridized carbons (Fsp3) is 1.00. The minimum Gasteiger partial charge on any atom is -0.329 e. The third-order valence-electron chi connectivity index (χ3n) is 5.33. The Labute approximate surface area is 119 Å². The summed E-state index contributed by atoms with van der Waals surface area (Å²) in [6, 6.07) is 0. The van der Waals surface area contributed by atoms with Crippen molar-refractivity contribution in [3.8, 4) is 0 Å². The fourth-order valence-electron chi connectivity index (χ4n) is 4.44. The van der Waals surface area contributed by atoms with Gasteiger partial charge in [-0.05, 0) is 51.1 Å². The summed E-state index contributed by atoms with van der Waals surface area (Å²) in [6.07, 6.45) is 5.66. The van der Waals surface area contributed by atoms with E-state index < -0.39 is 0 Å². The van der Waals surface area contributed by atoms with Crippen molar-refractivity contribution in [2.24, 2.45) is 23.5 Å². The van der Waals surface area contributed by atoms with Crippen LogP contribution >= 0.6 is 0 Å². The molecule has 3 heteroatoms. The van der Waals surface area contributed by atoms with E-state index in [1.165, 1.54) is 38.8 Å². The topological polar surface area (TPSA) is 32.5 Å². The maximum atomic E-state index is 6.28.